The number of carbonyl (C=O) groups is 1. The average molecular weight is 415 g/mol. The summed E-state index contributed by atoms with van der Waals surface area (Å²) >= 11 is 0. The van der Waals surface area contributed by atoms with Crippen molar-refractivity contribution in [3.8, 4) is 28.4 Å². The van der Waals surface area contributed by atoms with E-state index in [0.29, 0.717) is 11.5 Å². The van der Waals surface area contributed by atoms with Gasteiger partial charge < -0.3 is 19.9 Å². The highest BCUT2D eigenvalue weighted by Crippen LogP contribution is 2.51. The quantitative estimate of drug-likeness (QED) is 0.600. The lowest BCUT2D eigenvalue weighted by molar-refractivity contribution is -0.118. The number of hydrogen-bond donors (Lipinski definition) is 2. The first-order valence-corrected chi connectivity index (χ1v) is 10.5. The Kier molecular flexibility index (Phi) is 4.43. The smallest absolute Gasteiger partial charge is 0.235 e. The molecule has 1 heterocycles. The van der Waals surface area contributed by atoms with Crippen LogP contribution in [0.15, 0.2) is 48.5 Å². The summed E-state index contributed by atoms with van der Waals surface area (Å²) in [4.78, 5) is 13.3. The zero-order valence-corrected chi connectivity index (χ0v) is 17.9. The van der Waals surface area contributed by atoms with E-state index in [-0.39, 0.29) is 12.7 Å². The number of ether oxygens (including phenoxy) is 2. The van der Waals surface area contributed by atoms with Crippen molar-refractivity contribution in [3.63, 3.8) is 0 Å². The van der Waals surface area contributed by atoms with Crippen molar-refractivity contribution < 1.29 is 19.4 Å². The summed E-state index contributed by atoms with van der Waals surface area (Å²) in [7, 11) is 0. The fraction of sp³-hybridized carbons (Fsp3) is 0.269. The number of hydrogen-bond acceptors (Lipinski definition) is 4. The largest absolute Gasteiger partial charge is 0.507 e. The van der Waals surface area contributed by atoms with Crippen LogP contribution in [0.3, 0.4) is 0 Å². The van der Waals surface area contributed by atoms with Crippen LogP contribution in [-0.2, 0) is 10.2 Å². The van der Waals surface area contributed by atoms with E-state index in [2.05, 4.69) is 5.32 Å². The van der Waals surface area contributed by atoms with E-state index < -0.39 is 5.41 Å². The first kappa shape index (κ1) is 19.5. The van der Waals surface area contributed by atoms with Crippen LogP contribution in [-0.4, -0.2) is 17.8 Å². The van der Waals surface area contributed by atoms with Crippen LogP contribution in [0.25, 0.3) is 11.1 Å². The molecule has 1 saturated carbocycles. The third-order valence-electron chi connectivity index (χ3n) is 6.41. The molecule has 1 amide bonds. The van der Waals surface area contributed by atoms with Gasteiger partial charge in [-0.15, -0.1) is 0 Å². The highest BCUT2D eigenvalue weighted by atomic mass is 16.7. The number of fused-ring (bicyclic) bond motifs is 1. The molecular formula is C26H25NO4. The molecule has 3 aromatic rings. The topological polar surface area (TPSA) is 67.8 Å². The Balaban J connectivity index is 1.43. The average Bonchev–Trinajstić information content (AvgIpc) is 3.44. The van der Waals surface area contributed by atoms with E-state index in [1.54, 1.807) is 0 Å². The second-order valence-electron chi connectivity index (χ2n) is 8.59. The Bertz CT molecular complexity index is 1190. The number of nitrogens with one attached hydrogen (secondary N) is 1. The summed E-state index contributed by atoms with van der Waals surface area (Å²) in [5.41, 5.74) is 6.06. The molecule has 1 fully saturated rings. The van der Waals surface area contributed by atoms with E-state index in [4.69, 9.17) is 9.47 Å². The molecule has 0 atom stereocenters. The van der Waals surface area contributed by atoms with Gasteiger partial charge in [0.05, 0.1) is 5.41 Å². The predicted molar refractivity (Wildman–Crippen MR) is 120 cm³/mol. The third-order valence-corrected chi connectivity index (χ3v) is 6.41. The van der Waals surface area contributed by atoms with Crippen LogP contribution >= 0.6 is 0 Å². The van der Waals surface area contributed by atoms with E-state index in [1.165, 1.54) is 0 Å². The molecule has 3 aromatic carbocycles. The lowest BCUT2D eigenvalue weighted by Crippen LogP contribution is -2.27. The van der Waals surface area contributed by atoms with Gasteiger partial charge >= 0.3 is 0 Å². The molecule has 5 rings (SSSR count). The number of phenolic OH excluding ortho intramolecular Hbond substituents is 1. The van der Waals surface area contributed by atoms with Crippen molar-refractivity contribution in [1.82, 2.24) is 0 Å². The standard InChI is InChI=1S/C26H25NO4/c1-15-4-6-20(13-21(15)18-10-16(2)24(28)17(3)11-18)27-25(29)26(8-9-26)19-5-7-22-23(12-19)31-14-30-22/h4-7,10-13,28H,8-9,14H2,1-3H3,(H,27,29). The van der Waals surface area contributed by atoms with Gasteiger partial charge in [-0.25, -0.2) is 0 Å². The van der Waals surface area contributed by atoms with Gasteiger partial charge in [-0.3, -0.25) is 4.79 Å². The Morgan fingerprint density at radius 1 is 0.903 bits per heavy atom. The van der Waals surface area contributed by atoms with Crippen molar-refractivity contribution in [2.45, 2.75) is 39.0 Å². The lowest BCUT2D eigenvalue weighted by atomic mass is 9.93. The molecule has 0 aromatic heterocycles. The monoisotopic (exact) mass is 415 g/mol. The fourth-order valence-corrected chi connectivity index (χ4v) is 4.34. The number of aryl methyl sites for hydroxylation is 3. The Morgan fingerprint density at radius 2 is 1.61 bits per heavy atom. The van der Waals surface area contributed by atoms with E-state index >= 15 is 0 Å². The van der Waals surface area contributed by atoms with Crippen molar-refractivity contribution in [2.24, 2.45) is 0 Å². The van der Waals surface area contributed by atoms with Gasteiger partial charge in [-0.2, -0.15) is 0 Å². The van der Waals surface area contributed by atoms with Crippen LogP contribution in [0.2, 0.25) is 0 Å². The van der Waals surface area contributed by atoms with Crippen molar-refractivity contribution in [3.05, 3.63) is 70.8 Å². The second kappa shape index (κ2) is 7.05. The minimum atomic E-state index is -0.516. The number of carbonyl (C=O) groups excluding carboxylic acids is 1. The Morgan fingerprint density at radius 3 is 2.32 bits per heavy atom. The summed E-state index contributed by atoms with van der Waals surface area (Å²) in [6.45, 7) is 6.07. The highest BCUT2D eigenvalue weighted by Gasteiger charge is 2.51. The summed E-state index contributed by atoms with van der Waals surface area (Å²) < 4.78 is 10.9. The molecular weight excluding hydrogens is 390 g/mol. The Hall–Kier alpha value is -3.47. The van der Waals surface area contributed by atoms with Gasteiger partial charge in [0.2, 0.25) is 12.7 Å². The van der Waals surface area contributed by atoms with E-state index in [0.717, 1.165) is 57.7 Å². The fourth-order valence-electron chi connectivity index (χ4n) is 4.34. The first-order chi connectivity index (χ1) is 14.9. The Labute approximate surface area is 181 Å². The molecule has 5 heteroatoms. The zero-order chi connectivity index (χ0) is 21.8. The van der Waals surface area contributed by atoms with E-state index in [1.807, 2.05) is 69.3 Å². The number of phenols is 1. The maximum absolute atomic E-state index is 13.3. The van der Waals surface area contributed by atoms with Gasteiger partial charge in [0.1, 0.15) is 5.75 Å². The predicted octanol–water partition coefficient (Wildman–Crippen LogP) is 5.38. The molecule has 0 unspecified atom stereocenters. The number of amides is 1. The first-order valence-electron chi connectivity index (χ1n) is 10.5. The summed E-state index contributed by atoms with van der Waals surface area (Å²) in [6.07, 6.45) is 1.63. The number of anilines is 1. The lowest BCUT2D eigenvalue weighted by Gasteiger charge is -2.18. The number of aromatic hydroxyl groups is 1. The van der Waals surface area contributed by atoms with Gasteiger partial charge in [0, 0.05) is 5.69 Å². The van der Waals surface area contributed by atoms with Gasteiger partial charge in [0.15, 0.2) is 11.5 Å². The minimum absolute atomic E-state index is 0.000708. The van der Waals surface area contributed by atoms with Crippen LogP contribution in [0.5, 0.6) is 17.2 Å². The molecule has 2 N–H and O–H groups in total. The summed E-state index contributed by atoms with van der Waals surface area (Å²) in [5.74, 6) is 1.75. The minimum Gasteiger partial charge on any atom is -0.507 e. The van der Waals surface area contributed by atoms with Gasteiger partial charge in [-0.05, 0) is 103 Å². The van der Waals surface area contributed by atoms with Gasteiger partial charge in [-0.1, -0.05) is 12.1 Å². The van der Waals surface area contributed by atoms with Gasteiger partial charge in [0.25, 0.3) is 0 Å². The van der Waals surface area contributed by atoms with Crippen LogP contribution in [0.4, 0.5) is 5.69 Å². The molecule has 2 aliphatic rings. The molecule has 0 spiro atoms. The molecule has 0 saturated heterocycles. The highest BCUT2D eigenvalue weighted by molar-refractivity contribution is 6.02. The number of rotatable bonds is 4. The normalized spacial score (nSPS) is 15.6. The zero-order valence-electron chi connectivity index (χ0n) is 17.9. The summed E-state index contributed by atoms with van der Waals surface area (Å²) in [5, 5.41) is 13.2. The molecule has 1 aliphatic heterocycles. The maximum Gasteiger partial charge on any atom is 0.235 e. The van der Waals surface area contributed by atoms with E-state index in [9.17, 15) is 9.90 Å². The van der Waals surface area contributed by atoms with Crippen molar-refractivity contribution in [1.29, 1.82) is 0 Å². The molecule has 31 heavy (non-hydrogen) atoms. The SMILES string of the molecule is Cc1ccc(NC(=O)C2(c3ccc4c(c3)OCO4)CC2)cc1-c1cc(C)c(O)c(C)c1. The third kappa shape index (κ3) is 3.30. The van der Waals surface area contributed by atoms with Crippen molar-refractivity contribution in [2.75, 3.05) is 12.1 Å². The molecule has 158 valence electrons. The second-order valence-corrected chi connectivity index (χ2v) is 8.59. The molecule has 0 radical (unpaired) electrons. The summed E-state index contributed by atoms with van der Waals surface area (Å²) in [6, 6.07) is 15.7. The number of benzene rings is 3. The maximum atomic E-state index is 13.3. The van der Waals surface area contributed by atoms with Crippen LogP contribution in [0, 0.1) is 20.8 Å². The van der Waals surface area contributed by atoms with Crippen molar-refractivity contribution >= 4 is 11.6 Å². The molecule has 5 nitrogen and oxygen atoms in total. The molecule has 1 aliphatic carbocycles. The van der Waals surface area contributed by atoms with Crippen LogP contribution in [0.1, 0.15) is 35.1 Å². The van der Waals surface area contributed by atoms with Crippen LogP contribution < -0.4 is 14.8 Å². The molecule has 0 bridgehead atoms.